The normalized spacial score (nSPS) is 11.1. The number of rotatable bonds is 5. The minimum absolute atomic E-state index is 0.289. The van der Waals surface area contributed by atoms with Crippen LogP contribution >= 0.6 is 12.2 Å². The maximum atomic E-state index is 12.7. The van der Waals surface area contributed by atoms with Gasteiger partial charge in [-0.1, -0.05) is 23.8 Å². The van der Waals surface area contributed by atoms with Crippen molar-refractivity contribution in [2.24, 2.45) is 0 Å². The summed E-state index contributed by atoms with van der Waals surface area (Å²) in [5.41, 5.74) is 1.88. The molecule has 0 saturated heterocycles. The number of nitrogens with zero attached hydrogens (tertiary/aromatic N) is 1. The van der Waals surface area contributed by atoms with E-state index >= 15 is 0 Å². The lowest BCUT2D eigenvalue weighted by atomic mass is 10.2. The molecule has 0 aliphatic carbocycles. The number of nitrogens with one attached hydrogen (secondary N) is 2. The van der Waals surface area contributed by atoms with Crippen LogP contribution in [0.5, 0.6) is 0 Å². The number of hydrogen-bond acceptors (Lipinski definition) is 2. The summed E-state index contributed by atoms with van der Waals surface area (Å²) in [6, 6.07) is 13.1. The summed E-state index contributed by atoms with van der Waals surface area (Å²) in [7, 11) is 1.97. The number of thiocarbonyl (C=S) groups is 1. The summed E-state index contributed by atoms with van der Waals surface area (Å²) < 4.78 is 38.1. The topological polar surface area (TPSA) is 27.3 Å². The molecule has 0 unspecified atom stereocenters. The molecule has 0 heterocycles. The van der Waals surface area contributed by atoms with Crippen molar-refractivity contribution >= 4 is 28.7 Å². The fourth-order valence-electron chi connectivity index (χ4n) is 2.21. The van der Waals surface area contributed by atoms with E-state index in [1.165, 1.54) is 11.6 Å². The first kappa shape index (κ1) is 19.1. The van der Waals surface area contributed by atoms with Crippen molar-refractivity contribution in [1.82, 2.24) is 5.32 Å². The Morgan fingerprint density at radius 3 is 2.44 bits per heavy atom. The largest absolute Gasteiger partial charge is 0.416 e. The molecule has 0 spiro atoms. The number of anilines is 2. The van der Waals surface area contributed by atoms with Gasteiger partial charge in [-0.15, -0.1) is 0 Å². The highest BCUT2D eigenvalue weighted by atomic mass is 32.1. The average Bonchev–Trinajstić information content (AvgIpc) is 2.55. The number of likely N-dealkylation sites (N-methyl/N-ethyl adjacent to an activating group) is 1. The zero-order valence-electron chi connectivity index (χ0n) is 14.0. The van der Waals surface area contributed by atoms with Crippen LogP contribution in [0.2, 0.25) is 0 Å². The van der Waals surface area contributed by atoms with Crippen LogP contribution in [0, 0.1) is 6.92 Å². The molecule has 0 fully saturated rings. The Morgan fingerprint density at radius 1 is 1.12 bits per heavy atom. The highest BCUT2D eigenvalue weighted by Crippen LogP contribution is 2.30. The van der Waals surface area contributed by atoms with E-state index in [0.717, 1.165) is 17.8 Å². The molecule has 3 nitrogen and oxygen atoms in total. The van der Waals surface area contributed by atoms with E-state index < -0.39 is 11.7 Å². The molecule has 0 radical (unpaired) electrons. The maximum Gasteiger partial charge on any atom is 0.416 e. The lowest BCUT2D eigenvalue weighted by molar-refractivity contribution is -0.137. The second kappa shape index (κ2) is 8.20. The van der Waals surface area contributed by atoms with Gasteiger partial charge in [0.1, 0.15) is 0 Å². The first-order chi connectivity index (χ1) is 11.8. The molecule has 7 heteroatoms. The van der Waals surface area contributed by atoms with Gasteiger partial charge in [-0.2, -0.15) is 13.2 Å². The number of halogens is 3. The van der Waals surface area contributed by atoms with Crippen LogP contribution in [0.15, 0.2) is 48.5 Å². The Labute approximate surface area is 150 Å². The molecule has 0 atom stereocenters. The van der Waals surface area contributed by atoms with Gasteiger partial charge in [0.25, 0.3) is 0 Å². The van der Waals surface area contributed by atoms with Crippen LogP contribution in [0.3, 0.4) is 0 Å². The molecule has 2 aromatic carbocycles. The Bertz CT molecular complexity index is 714. The van der Waals surface area contributed by atoms with Crippen molar-refractivity contribution < 1.29 is 13.2 Å². The van der Waals surface area contributed by atoms with E-state index in [-0.39, 0.29) is 5.11 Å². The van der Waals surface area contributed by atoms with Crippen molar-refractivity contribution in [2.75, 3.05) is 30.4 Å². The predicted molar refractivity (Wildman–Crippen MR) is 100 cm³/mol. The second-order valence-electron chi connectivity index (χ2n) is 5.72. The minimum atomic E-state index is -4.37. The SMILES string of the molecule is Cc1ccc(N(C)CCNC(=S)Nc2cccc(C(F)(F)F)c2)cc1. The first-order valence-corrected chi connectivity index (χ1v) is 8.16. The van der Waals surface area contributed by atoms with Crippen LogP contribution in [0.4, 0.5) is 24.5 Å². The molecule has 2 rings (SSSR count). The Kier molecular flexibility index (Phi) is 6.25. The van der Waals surface area contributed by atoms with Crippen molar-refractivity contribution in [3.8, 4) is 0 Å². The van der Waals surface area contributed by atoms with Crippen molar-refractivity contribution in [3.63, 3.8) is 0 Å². The van der Waals surface area contributed by atoms with Crippen LogP contribution in [-0.4, -0.2) is 25.2 Å². The number of benzene rings is 2. The highest BCUT2D eigenvalue weighted by molar-refractivity contribution is 7.80. The molecule has 0 saturated carbocycles. The molecule has 0 aliphatic rings. The molecule has 0 aliphatic heterocycles. The van der Waals surface area contributed by atoms with Gasteiger partial charge < -0.3 is 15.5 Å². The van der Waals surface area contributed by atoms with E-state index in [4.69, 9.17) is 12.2 Å². The van der Waals surface area contributed by atoms with Crippen LogP contribution < -0.4 is 15.5 Å². The summed E-state index contributed by atoms with van der Waals surface area (Å²) in [6.45, 7) is 3.30. The Hall–Kier alpha value is -2.28. The van der Waals surface area contributed by atoms with Gasteiger partial charge in [0.05, 0.1) is 5.56 Å². The van der Waals surface area contributed by atoms with Gasteiger partial charge in [0.2, 0.25) is 0 Å². The number of hydrogen-bond donors (Lipinski definition) is 2. The molecule has 0 amide bonds. The molecule has 2 aromatic rings. The average molecular weight is 367 g/mol. The molecular weight excluding hydrogens is 347 g/mol. The van der Waals surface area contributed by atoms with Gasteiger partial charge in [-0.3, -0.25) is 0 Å². The third-order valence-electron chi connectivity index (χ3n) is 3.66. The van der Waals surface area contributed by atoms with E-state index in [2.05, 4.69) is 15.5 Å². The molecule has 0 aromatic heterocycles. The van der Waals surface area contributed by atoms with Gasteiger partial charge in [0.15, 0.2) is 5.11 Å². The maximum absolute atomic E-state index is 12.7. The smallest absolute Gasteiger partial charge is 0.373 e. The summed E-state index contributed by atoms with van der Waals surface area (Å²) in [4.78, 5) is 2.07. The van der Waals surface area contributed by atoms with Crippen LogP contribution in [0.1, 0.15) is 11.1 Å². The number of alkyl halides is 3. The lowest BCUT2D eigenvalue weighted by Gasteiger charge is -2.20. The van der Waals surface area contributed by atoms with Gasteiger partial charge in [0, 0.05) is 31.5 Å². The quantitative estimate of drug-likeness (QED) is 0.764. The summed E-state index contributed by atoms with van der Waals surface area (Å²) in [6.07, 6.45) is -4.37. The van der Waals surface area contributed by atoms with E-state index in [1.807, 2.05) is 38.2 Å². The predicted octanol–water partition coefficient (Wildman–Crippen LogP) is 4.44. The molecule has 25 heavy (non-hydrogen) atoms. The second-order valence-corrected chi connectivity index (χ2v) is 6.12. The van der Waals surface area contributed by atoms with Crippen LogP contribution in [0.25, 0.3) is 0 Å². The van der Waals surface area contributed by atoms with Crippen molar-refractivity contribution in [2.45, 2.75) is 13.1 Å². The lowest BCUT2D eigenvalue weighted by Crippen LogP contribution is -2.35. The van der Waals surface area contributed by atoms with Gasteiger partial charge in [-0.05, 0) is 49.5 Å². The summed E-state index contributed by atoms with van der Waals surface area (Å²) >= 11 is 5.14. The van der Waals surface area contributed by atoms with E-state index in [9.17, 15) is 13.2 Å². The van der Waals surface area contributed by atoms with Crippen molar-refractivity contribution in [3.05, 3.63) is 59.7 Å². The molecule has 134 valence electrons. The number of aryl methyl sites for hydroxylation is 1. The third kappa shape index (κ3) is 5.94. The van der Waals surface area contributed by atoms with Crippen molar-refractivity contribution in [1.29, 1.82) is 0 Å². The van der Waals surface area contributed by atoms with Gasteiger partial charge in [-0.25, -0.2) is 0 Å². The van der Waals surface area contributed by atoms with E-state index in [0.29, 0.717) is 18.8 Å². The van der Waals surface area contributed by atoms with E-state index in [1.54, 1.807) is 6.07 Å². The van der Waals surface area contributed by atoms with Gasteiger partial charge >= 0.3 is 6.18 Å². The fraction of sp³-hybridized carbons (Fsp3) is 0.278. The standard InChI is InChI=1S/C18H20F3N3S/c1-13-6-8-16(9-7-13)24(2)11-10-22-17(25)23-15-5-3-4-14(12-15)18(19,20)21/h3-9,12H,10-11H2,1-2H3,(H2,22,23,25). The molecule has 2 N–H and O–H groups in total. The zero-order chi connectivity index (χ0) is 18.4. The first-order valence-electron chi connectivity index (χ1n) is 7.75. The zero-order valence-corrected chi connectivity index (χ0v) is 14.8. The third-order valence-corrected chi connectivity index (χ3v) is 3.90. The minimum Gasteiger partial charge on any atom is -0.373 e. The van der Waals surface area contributed by atoms with Crippen LogP contribution in [-0.2, 0) is 6.18 Å². The fourth-order valence-corrected chi connectivity index (χ4v) is 2.43. The molecule has 0 bridgehead atoms. The molecular formula is C18H20F3N3S. The highest BCUT2D eigenvalue weighted by Gasteiger charge is 2.30. The summed E-state index contributed by atoms with van der Waals surface area (Å²) in [5.74, 6) is 0. The summed E-state index contributed by atoms with van der Waals surface area (Å²) in [5, 5.41) is 6.06. The monoisotopic (exact) mass is 367 g/mol. The Balaban J connectivity index is 1.82. The Morgan fingerprint density at radius 2 is 1.80 bits per heavy atom.